The van der Waals surface area contributed by atoms with Crippen molar-refractivity contribution in [2.45, 2.75) is 32.7 Å². The molecule has 0 atom stereocenters. The Bertz CT molecular complexity index is 737. The van der Waals surface area contributed by atoms with Crippen LogP contribution in [0.5, 0.6) is 0 Å². The lowest BCUT2D eigenvalue weighted by molar-refractivity contribution is -0.135. The Balaban J connectivity index is 1.55. The second-order valence-corrected chi connectivity index (χ2v) is 7.52. The minimum atomic E-state index is -0.0913. The molecule has 0 saturated carbocycles. The molecule has 6 nitrogen and oxygen atoms in total. The maximum Gasteiger partial charge on any atom is 0.263 e. The molecule has 25 heavy (non-hydrogen) atoms. The van der Waals surface area contributed by atoms with Crippen molar-refractivity contribution >= 4 is 23.2 Å². The van der Waals surface area contributed by atoms with Gasteiger partial charge >= 0.3 is 0 Å². The standard InChI is InChI=1S/C18H22N4O2S/c1-12(2)18(24)22-9-5-14(6-10-22)21-16(23)15-11-20-17(25-15)13-3-7-19-8-4-13/h3-4,7-8,11-12,14H,5-6,9-10H2,1-2H3,(H,21,23). The summed E-state index contributed by atoms with van der Waals surface area (Å²) in [7, 11) is 0. The maximum absolute atomic E-state index is 12.4. The first-order chi connectivity index (χ1) is 12.0. The highest BCUT2D eigenvalue weighted by Gasteiger charge is 2.25. The molecular formula is C18H22N4O2S. The Kier molecular flexibility index (Phi) is 5.43. The minimum Gasteiger partial charge on any atom is -0.348 e. The van der Waals surface area contributed by atoms with Crippen LogP contribution >= 0.6 is 11.3 Å². The Morgan fingerprint density at radius 3 is 2.56 bits per heavy atom. The van der Waals surface area contributed by atoms with Gasteiger partial charge in [-0.15, -0.1) is 11.3 Å². The van der Waals surface area contributed by atoms with Crippen LogP contribution in [-0.4, -0.2) is 45.8 Å². The van der Waals surface area contributed by atoms with Crippen molar-refractivity contribution in [3.05, 3.63) is 35.6 Å². The number of hydrogen-bond donors (Lipinski definition) is 1. The zero-order chi connectivity index (χ0) is 17.8. The summed E-state index contributed by atoms with van der Waals surface area (Å²) in [6.07, 6.45) is 6.62. The Hall–Kier alpha value is -2.28. The van der Waals surface area contributed by atoms with E-state index in [0.29, 0.717) is 18.0 Å². The zero-order valence-electron chi connectivity index (χ0n) is 14.4. The van der Waals surface area contributed by atoms with Gasteiger partial charge in [0.05, 0.1) is 6.20 Å². The van der Waals surface area contributed by atoms with Crippen LogP contribution in [0.25, 0.3) is 10.6 Å². The molecule has 132 valence electrons. The van der Waals surface area contributed by atoms with Gasteiger partial charge in [-0.2, -0.15) is 0 Å². The Labute approximate surface area is 151 Å². The summed E-state index contributed by atoms with van der Waals surface area (Å²) >= 11 is 1.38. The highest BCUT2D eigenvalue weighted by Crippen LogP contribution is 2.24. The third-order valence-electron chi connectivity index (χ3n) is 4.29. The molecule has 1 aliphatic heterocycles. The number of pyridine rings is 1. The molecule has 1 N–H and O–H groups in total. The fourth-order valence-electron chi connectivity index (χ4n) is 2.87. The SMILES string of the molecule is CC(C)C(=O)N1CCC(NC(=O)c2cnc(-c3ccncc3)s2)CC1. The van der Waals surface area contributed by atoms with E-state index >= 15 is 0 Å². The molecule has 0 unspecified atom stereocenters. The summed E-state index contributed by atoms with van der Waals surface area (Å²) in [5, 5.41) is 3.88. The average molecular weight is 358 g/mol. The van der Waals surface area contributed by atoms with Crippen molar-refractivity contribution in [1.29, 1.82) is 0 Å². The number of aromatic nitrogens is 2. The van der Waals surface area contributed by atoms with Gasteiger partial charge in [0.25, 0.3) is 5.91 Å². The second kappa shape index (κ2) is 7.74. The fraction of sp³-hybridized carbons (Fsp3) is 0.444. The van der Waals surface area contributed by atoms with E-state index in [-0.39, 0.29) is 23.8 Å². The number of thiazole rings is 1. The first-order valence-corrected chi connectivity index (χ1v) is 9.32. The number of rotatable bonds is 4. The van der Waals surface area contributed by atoms with E-state index in [9.17, 15) is 9.59 Å². The van der Waals surface area contributed by atoms with E-state index in [0.717, 1.165) is 23.4 Å². The fourth-order valence-corrected chi connectivity index (χ4v) is 3.70. The number of carbonyl (C=O) groups excluding carboxylic acids is 2. The van der Waals surface area contributed by atoms with Crippen molar-refractivity contribution in [2.24, 2.45) is 5.92 Å². The number of carbonyl (C=O) groups is 2. The van der Waals surface area contributed by atoms with Gasteiger partial charge < -0.3 is 10.2 Å². The smallest absolute Gasteiger partial charge is 0.263 e. The molecule has 2 amide bonds. The summed E-state index contributed by atoms with van der Waals surface area (Å²) in [6, 6.07) is 3.86. The van der Waals surface area contributed by atoms with E-state index in [1.54, 1.807) is 18.6 Å². The molecule has 1 saturated heterocycles. The summed E-state index contributed by atoms with van der Waals surface area (Å²) in [5.74, 6) is 0.121. The number of amides is 2. The van der Waals surface area contributed by atoms with E-state index in [1.165, 1.54) is 11.3 Å². The van der Waals surface area contributed by atoms with E-state index < -0.39 is 0 Å². The molecule has 0 aromatic carbocycles. The first kappa shape index (κ1) is 17.5. The van der Waals surface area contributed by atoms with Crippen LogP contribution in [0.1, 0.15) is 36.4 Å². The van der Waals surface area contributed by atoms with Crippen LogP contribution < -0.4 is 5.32 Å². The molecule has 7 heteroatoms. The maximum atomic E-state index is 12.4. The van der Waals surface area contributed by atoms with Crippen molar-refractivity contribution in [3.8, 4) is 10.6 Å². The predicted molar refractivity (Wildman–Crippen MR) is 97.3 cm³/mol. The topological polar surface area (TPSA) is 75.2 Å². The summed E-state index contributed by atoms with van der Waals surface area (Å²) in [6.45, 7) is 5.24. The third kappa shape index (κ3) is 4.22. The average Bonchev–Trinajstić information content (AvgIpc) is 3.13. The number of nitrogens with one attached hydrogen (secondary N) is 1. The van der Waals surface area contributed by atoms with E-state index in [1.807, 2.05) is 30.9 Å². The lowest BCUT2D eigenvalue weighted by Crippen LogP contribution is -2.47. The van der Waals surface area contributed by atoms with Gasteiger partial charge in [0.1, 0.15) is 9.88 Å². The van der Waals surface area contributed by atoms with Crippen LogP contribution in [0.15, 0.2) is 30.7 Å². The predicted octanol–water partition coefficient (Wildman–Crippen LogP) is 2.58. The van der Waals surface area contributed by atoms with Gasteiger partial charge in [0.15, 0.2) is 0 Å². The van der Waals surface area contributed by atoms with Gasteiger partial charge in [-0.25, -0.2) is 4.98 Å². The normalized spacial score (nSPS) is 15.4. The number of piperidine rings is 1. The molecule has 2 aromatic heterocycles. The summed E-state index contributed by atoms with van der Waals surface area (Å²) < 4.78 is 0. The Morgan fingerprint density at radius 1 is 1.24 bits per heavy atom. The van der Waals surface area contributed by atoms with Gasteiger partial charge in [-0.3, -0.25) is 14.6 Å². The van der Waals surface area contributed by atoms with Crippen LogP contribution in [0, 0.1) is 5.92 Å². The van der Waals surface area contributed by atoms with E-state index in [2.05, 4.69) is 15.3 Å². The molecule has 1 fully saturated rings. The van der Waals surface area contributed by atoms with Gasteiger partial charge in [0.2, 0.25) is 5.91 Å². The van der Waals surface area contributed by atoms with Gasteiger partial charge in [-0.05, 0) is 25.0 Å². The van der Waals surface area contributed by atoms with Crippen molar-refractivity contribution in [2.75, 3.05) is 13.1 Å². The molecule has 2 aromatic rings. The minimum absolute atomic E-state index is 0.0231. The second-order valence-electron chi connectivity index (χ2n) is 6.49. The Morgan fingerprint density at radius 2 is 1.92 bits per heavy atom. The molecule has 0 bridgehead atoms. The third-order valence-corrected chi connectivity index (χ3v) is 5.34. The summed E-state index contributed by atoms with van der Waals surface area (Å²) in [5.41, 5.74) is 0.958. The molecule has 0 radical (unpaired) electrons. The molecule has 3 heterocycles. The van der Waals surface area contributed by atoms with Crippen LogP contribution in [0.3, 0.4) is 0 Å². The monoisotopic (exact) mass is 358 g/mol. The molecule has 0 aliphatic carbocycles. The first-order valence-electron chi connectivity index (χ1n) is 8.50. The largest absolute Gasteiger partial charge is 0.348 e. The van der Waals surface area contributed by atoms with Crippen LogP contribution in [0.2, 0.25) is 0 Å². The molecule has 1 aliphatic rings. The van der Waals surface area contributed by atoms with Gasteiger partial charge in [-0.1, -0.05) is 13.8 Å². The number of likely N-dealkylation sites (tertiary alicyclic amines) is 1. The van der Waals surface area contributed by atoms with Crippen LogP contribution in [-0.2, 0) is 4.79 Å². The molecular weight excluding hydrogens is 336 g/mol. The number of hydrogen-bond acceptors (Lipinski definition) is 5. The number of nitrogens with zero attached hydrogens (tertiary/aromatic N) is 3. The lowest BCUT2D eigenvalue weighted by atomic mass is 10.0. The van der Waals surface area contributed by atoms with Gasteiger partial charge in [0, 0.05) is 43.0 Å². The van der Waals surface area contributed by atoms with Crippen molar-refractivity contribution in [1.82, 2.24) is 20.2 Å². The van der Waals surface area contributed by atoms with Crippen molar-refractivity contribution in [3.63, 3.8) is 0 Å². The van der Waals surface area contributed by atoms with Crippen LogP contribution in [0.4, 0.5) is 0 Å². The summed E-state index contributed by atoms with van der Waals surface area (Å²) in [4.78, 5) is 35.3. The molecule has 0 spiro atoms. The highest BCUT2D eigenvalue weighted by molar-refractivity contribution is 7.16. The molecule has 3 rings (SSSR count). The van der Waals surface area contributed by atoms with Crippen molar-refractivity contribution < 1.29 is 9.59 Å². The highest BCUT2D eigenvalue weighted by atomic mass is 32.1. The lowest BCUT2D eigenvalue weighted by Gasteiger charge is -2.33. The quantitative estimate of drug-likeness (QED) is 0.911. The van der Waals surface area contributed by atoms with E-state index in [4.69, 9.17) is 0 Å². The zero-order valence-corrected chi connectivity index (χ0v) is 15.3.